The van der Waals surface area contributed by atoms with Crippen LogP contribution in [0.4, 0.5) is 0 Å². The monoisotopic (exact) mass is 359 g/mol. The zero-order valence-corrected chi connectivity index (χ0v) is 16.2. The third kappa shape index (κ3) is 4.84. The molecule has 1 aromatic carbocycles. The first-order valence-corrected chi connectivity index (χ1v) is 9.96. The fourth-order valence-electron chi connectivity index (χ4n) is 4.21. The second kappa shape index (κ2) is 8.98. The number of nitrogens with zero attached hydrogens (tertiary/aromatic N) is 3. The molecule has 5 heteroatoms. The van der Waals surface area contributed by atoms with E-state index in [1.165, 1.54) is 13.1 Å². The van der Waals surface area contributed by atoms with Crippen LogP contribution in [0.1, 0.15) is 30.9 Å². The van der Waals surface area contributed by atoms with E-state index < -0.39 is 0 Å². The summed E-state index contributed by atoms with van der Waals surface area (Å²) >= 11 is 0. The van der Waals surface area contributed by atoms with Gasteiger partial charge in [-0.05, 0) is 43.9 Å². The number of carbonyl (C=O) groups is 1. The Morgan fingerprint density at radius 3 is 2.19 bits per heavy atom. The molecule has 2 aliphatic heterocycles. The lowest BCUT2D eigenvalue weighted by Gasteiger charge is -2.42. The molecule has 0 saturated carbocycles. The maximum absolute atomic E-state index is 12.6. The van der Waals surface area contributed by atoms with Crippen LogP contribution in [0.15, 0.2) is 24.3 Å². The Balaban J connectivity index is 1.45. The molecule has 1 amide bonds. The van der Waals surface area contributed by atoms with E-state index in [-0.39, 0.29) is 12.5 Å². The van der Waals surface area contributed by atoms with Gasteiger partial charge in [0, 0.05) is 45.3 Å². The van der Waals surface area contributed by atoms with Crippen molar-refractivity contribution in [2.24, 2.45) is 5.92 Å². The molecule has 144 valence electrons. The Hall–Kier alpha value is -1.43. The summed E-state index contributed by atoms with van der Waals surface area (Å²) < 4.78 is 0. The third-order valence-electron chi connectivity index (χ3n) is 6.25. The summed E-state index contributed by atoms with van der Waals surface area (Å²) in [6.45, 7) is 8.85. The highest BCUT2D eigenvalue weighted by Crippen LogP contribution is 2.25. The van der Waals surface area contributed by atoms with Crippen molar-refractivity contribution >= 4 is 5.91 Å². The lowest BCUT2D eigenvalue weighted by molar-refractivity contribution is -0.132. The lowest BCUT2D eigenvalue weighted by Crippen LogP contribution is -2.52. The van der Waals surface area contributed by atoms with Crippen LogP contribution in [0.2, 0.25) is 0 Å². The predicted molar refractivity (Wildman–Crippen MR) is 104 cm³/mol. The predicted octanol–water partition coefficient (Wildman–Crippen LogP) is 1.60. The average molecular weight is 360 g/mol. The van der Waals surface area contributed by atoms with Gasteiger partial charge in [-0.15, -0.1) is 0 Å². The van der Waals surface area contributed by atoms with Crippen LogP contribution in [0.25, 0.3) is 0 Å². The lowest BCUT2D eigenvalue weighted by atomic mass is 9.89. The van der Waals surface area contributed by atoms with Crippen molar-refractivity contribution in [3.63, 3.8) is 0 Å². The molecule has 26 heavy (non-hydrogen) atoms. The minimum atomic E-state index is 0.0488. The number of rotatable bonds is 5. The Morgan fingerprint density at radius 1 is 1.04 bits per heavy atom. The van der Waals surface area contributed by atoms with Gasteiger partial charge in [-0.1, -0.05) is 24.3 Å². The van der Waals surface area contributed by atoms with Crippen LogP contribution in [-0.2, 0) is 17.8 Å². The summed E-state index contributed by atoms with van der Waals surface area (Å²) in [6, 6.07) is 8.31. The highest BCUT2D eigenvalue weighted by atomic mass is 16.3. The Labute approximate surface area is 157 Å². The molecule has 5 nitrogen and oxygen atoms in total. The minimum absolute atomic E-state index is 0.0488. The summed E-state index contributed by atoms with van der Waals surface area (Å²) in [4.78, 5) is 19.7. The number of aliphatic hydroxyl groups excluding tert-OH is 1. The summed E-state index contributed by atoms with van der Waals surface area (Å²) in [7, 11) is 2.20. The van der Waals surface area contributed by atoms with Crippen LogP contribution in [0, 0.1) is 5.92 Å². The molecule has 0 aromatic heterocycles. The molecular weight excluding hydrogens is 326 g/mol. The maximum Gasteiger partial charge on any atom is 0.226 e. The van der Waals surface area contributed by atoms with Gasteiger partial charge in [-0.2, -0.15) is 0 Å². The van der Waals surface area contributed by atoms with E-state index in [1.807, 2.05) is 29.2 Å². The molecule has 0 bridgehead atoms. The zero-order chi connectivity index (χ0) is 18.5. The summed E-state index contributed by atoms with van der Waals surface area (Å²) in [5, 5.41) is 9.11. The van der Waals surface area contributed by atoms with Gasteiger partial charge in [-0.25, -0.2) is 0 Å². The number of benzene rings is 1. The van der Waals surface area contributed by atoms with Crippen molar-refractivity contribution in [1.29, 1.82) is 0 Å². The summed E-state index contributed by atoms with van der Waals surface area (Å²) in [6.07, 6.45) is 2.69. The largest absolute Gasteiger partial charge is 0.392 e. The van der Waals surface area contributed by atoms with Crippen LogP contribution >= 0.6 is 0 Å². The van der Waals surface area contributed by atoms with Crippen LogP contribution in [0.5, 0.6) is 0 Å². The first-order chi connectivity index (χ1) is 12.6. The number of piperidine rings is 1. The number of aliphatic hydroxyl groups is 1. The summed E-state index contributed by atoms with van der Waals surface area (Å²) in [5.41, 5.74) is 1.92. The van der Waals surface area contributed by atoms with E-state index in [9.17, 15) is 4.79 Å². The number of piperazine rings is 1. The van der Waals surface area contributed by atoms with E-state index in [0.29, 0.717) is 18.4 Å². The number of likely N-dealkylation sites (N-methyl/N-ethyl adjacent to an activating group) is 1. The van der Waals surface area contributed by atoms with Crippen molar-refractivity contribution in [2.75, 3.05) is 46.3 Å². The number of amides is 1. The van der Waals surface area contributed by atoms with Gasteiger partial charge in [0.15, 0.2) is 0 Å². The standard InChI is InChI=1S/C21H33N3O2/c1-17(23-13-11-22(2)12-14-23)20-7-9-24(10-8-20)21(26)15-18-3-5-19(16-25)6-4-18/h3-6,17,20,25H,7-16H2,1-2H3. The minimum Gasteiger partial charge on any atom is -0.392 e. The van der Waals surface area contributed by atoms with Crippen LogP contribution in [-0.4, -0.2) is 78.1 Å². The first-order valence-electron chi connectivity index (χ1n) is 9.96. The second-order valence-corrected chi connectivity index (χ2v) is 7.95. The van der Waals surface area contributed by atoms with Gasteiger partial charge in [0.1, 0.15) is 0 Å². The fourth-order valence-corrected chi connectivity index (χ4v) is 4.21. The van der Waals surface area contributed by atoms with Crippen LogP contribution < -0.4 is 0 Å². The maximum atomic E-state index is 12.6. The van der Waals surface area contributed by atoms with Crippen molar-refractivity contribution in [2.45, 2.75) is 38.8 Å². The molecule has 1 unspecified atom stereocenters. The SMILES string of the molecule is CC(C1CCN(C(=O)Cc2ccc(CO)cc2)CC1)N1CCN(C)CC1. The average Bonchev–Trinajstić information content (AvgIpc) is 2.69. The molecule has 3 rings (SSSR count). The Kier molecular flexibility index (Phi) is 6.68. The molecule has 0 spiro atoms. The van der Waals surface area contributed by atoms with E-state index >= 15 is 0 Å². The fraction of sp³-hybridized carbons (Fsp3) is 0.667. The van der Waals surface area contributed by atoms with E-state index in [2.05, 4.69) is 23.8 Å². The highest BCUT2D eigenvalue weighted by Gasteiger charge is 2.30. The van der Waals surface area contributed by atoms with Gasteiger partial charge in [0.05, 0.1) is 13.0 Å². The number of carbonyl (C=O) groups excluding carboxylic acids is 1. The van der Waals surface area contributed by atoms with Gasteiger partial charge in [-0.3, -0.25) is 9.69 Å². The van der Waals surface area contributed by atoms with Crippen LogP contribution in [0.3, 0.4) is 0 Å². The van der Waals surface area contributed by atoms with Crippen molar-refractivity contribution < 1.29 is 9.90 Å². The van der Waals surface area contributed by atoms with Gasteiger partial charge >= 0.3 is 0 Å². The van der Waals surface area contributed by atoms with Crippen molar-refractivity contribution in [3.05, 3.63) is 35.4 Å². The van der Waals surface area contributed by atoms with Gasteiger partial charge in [0.2, 0.25) is 5.91 Å². The highest BCUT2D eigenvalue weighted by molar-refractivity contribution is 5.78. The number of hydrogen-bond donors (Lipinski definition) is 1. The second-order valence-electron chi connectivity index (χ2n) is 7.95. The molecule has 2 saturated heterocycles. The topological polar surface area (TPSA) is 47.0 Å². The Bertz CT molecular complexity index is 573. The molecular formula is C21H33N3O2. The normalized spacial score (nSPS) is 21.7. The molecule has 1 N–H and O–H groups in total. The third-order valence-corrected chi connectivity index (χ3v) is 6.25. The molecule has 2 aliphatic rings. The molecule has 0 aliphatic carbocycles. The van der Waals surface area contributed by atoms with E-state index in [1.54, 1.807) is 0 Å². The number of likely N-dealkylation sites (tertiary alicyclic amines) is 1. The van der Waals surface area contributed by atoms with Gasteiger partial charge < -0.3 is 14.9 Å². The first kappa shape index (κ1) is 19.3. The van der Waals surface area contributed by atoms with E-state index in [0.717, 1.165) is 50.1 Å². The van der Waals surface area contributed by atoms with Crippen molar-refractivity contribution in [1.82, 2.24) is 14.7 Å². The van der Waals surface area contributed by atoms with E-state index in [4.69, 9.17) is 5.11 Å². The Morgan fingerprint density at radius 2 is 1.62 bits per heavy atom. The molecule has 1 atom stereocenters. The molecule has 2 fully saturated rings. The summed E-state index contributed by atoms with van der Waals surface area (Å²) in [5.74, 6) is 0.929. The molecule has 1 aromatic rings. The van der Waals surface area contributed by atoms with Gasteiger partial charge in [0.25, 0.3) is 0 Å². The van der Waals surface area contributed by atoms with Crippen molar-refractivity contribution in [3.8, 4) is 0 Å². The smallest absolute Gasteiger partial charge is 0.226 e. The molecule has 0 radical (unpaired) electrons. The number of hydrogen-bond acceptors (Lipinski definition) is 4. The zero-order valence-electron chi connectivity index (χ0n) is 16.2. The molecule has 2 heterocycles. The quantitative estimate of drug-likeness (QED) is 0.867.